The van der Waals surface area contributed by atoms with Gasteiger partial charge in [-0.1, -0.05) is 27.7 Å². The molecular weight excluding hydrogens is 238 g/mol. The van der Waals surface area contributed by atoms with Crippen LogP contribution in [0.15, 0.2) is 4.99 Å². The molecule has 1 rings (SSSR count). The fourth-order valence-electron chi connectivity index (χ4n) is 2.70. The third-order valence-electron chi connectivity index (χ3n) is 3.60. The van der Waals surface area contributed by atoms with Crippen LogP contribution in [-0.2, 0) is 4.74 Å². The second-order valence-electron chi connectivity index (χ2n) is 6.44. The molecule has 0 bridgehead atoms. The van der Waals surface area contributed by atoms with Gasteiger partial charge in [-0.25, -0.2) is 0 Å². The van der Waals surface area contributed by atoms with E-state index in [1.165, 1.54) is 12.8 Å². The van der Waals surface area contributed by atoms with Gasteiger partial charge in [0.2, 0.25) is 0 Å². The van der Waals surface area contributed by atoms with Crippen molar-refractivity contribution in [3.8, 4) is 0 Å². The smallest absolute Gasteiger partial charge is 0.190 e. The molecule has 4 heteroatoms. The summed E-state index contributed by atoms with van der Waals surface area (Å²) < 4.78 is 6.00. The summed E-state index contributed by atoms with van der Waals surface area (Å²) in [6.07, 6.45) is 3.84. The molecule has 0 radical (unpaired) electrons. The Hall–Kier alpha value is -0.770. The normalized spacial score (nSPS) is 25.2. The fourth-order valence-corrected chi connectivity index (χ4v) is 2.70. The van der Waals surface area contributed by atoms with Crippen LogP contribution < -0.4 is 10.6 Å². The van der Waals surface area contributed by atoms with E-state index in [1.807, 2.05) is 7.05 Å². The van der Waals surface area contributed by atoms with Crippen molar-refractivity contribution in [3.63, 3.8) is 0 Å². The molecule has 1 saturated heterocycles. The summed E-state index contributed by atoms with van der Waals surface area (Å²) in [6, 6.07) is 0. The van der Waals surface area contributed by atoms with Crippen molar-refractivity contribution in [2.45, 2.75) is 53.1 Å². The number of ether oxygens (including phenoxy) is 1. The topological polar surface area (TPSA) is 45.7 Å². The molecule has 4 nitrogen and oxygen atoms in total. The maximum atomic E-state index is 6.00. The molecule has 2 atom stereocenters. The van der Waals surface area contributed by atoms with Gasteiger partial charge in [-0.05, 0) is 24.7 Å². The quantitative estimate of drug-likeness (QED) is 0.608. The van der Waals surface area contributed by atoms with Gasteiger partial charge in [0.15, 0.2) is 5.96 Å². The first-order valence-corrected chi connectivity index (χ1v) is 7.55. The van der Waals surface area contributed by atoms with Crippen molar-refractivity contribution >= 4 is 5.96 Å². The van der Waals surface area contributed by atoms with Crippen LogP contribution in [0.4, 0.5) is 0 Å². The van der Waals surface area contributed by atoms with Crippen LogP contribution >= 0.6 is 0 Å². The van der Waals surface area contributed by atoms with E-state index in [0.717, 1.165) is 32.1 Å². The van der Waals surface area contributed by atoms with E-state index in [0.29, 0.717) is 12.0 Å². The van der Waals surface area contributed by atoms with Crippen LogP contribution in [0.25, 0.3) is 0 Å². The van der Waals surface area contributed by atoms with E-state index in [1.54, 1.807) is 0 Å². The summed E-state index contributed by atoms with van der Waals surface area (Å²) >= 11 is 0. The molecule has 2 unspecified atom stereocenters. The zero-order valence-corrected chi connectivity index (χ0v) is 13.3. The first kappa shape index (κ1) is 16.3. The highest BCUT2D eigenvalue weighted by molar-refractivity contribution is 5.79. The van der Waals surface area contributed by atoms with Gasteiger partial charge in [-0.2, -0.15) is 0 Å². The predicted octanol–water partition coefficient (Wildman–Crippen LogP) is 2.40. The highest BCUT2D eigenvalue weighted by atomic mass is 16.5. The lowest BCUT2D eigenvalue weighted by molar-refractivity contribution is -0.0835. The third-order valence-corrected chi connectivity index (χ3v) is 3.60. The Bertz CT molecular complexity index is 284. The first-order valence-electron chi connectivity index (χ1n) is 7.55. The largest absolute Gasteiger partial charge is 0.377 e. The SMILES string of the molecule is CCCNC(=NC)NCC1CCCOC1C(C)(C)C. The Morgan fingerprint density at radius 3 is 2.63 bits per heavy atom. The minimum Gasteiger partial charge on any atom is -0.377 e. The van der Waals surface area contributed by atoms with Crippen LogP contribution in [0.5, 0.6) is 0 Å². The summed E-state index contributed by atoms with van der Waals surface area (Å²) in [5.41, 5.74) is 0.202. The van der Waals surface area contributed by atoms with Gasteiger partial charge >= 0.3 is 0 Å². The second-order valence-corrected chi connectivity index (χ2v) is 6.44. The maximum Gasteiger partial charge on any atom is 0.190 e. The molecule has 0 aliphatic carbocycles. The lowest BCUT2D eigenvalue weighted by Gasteiger charge is -2.40. The second kappa shape index (κ2) is 7.73. The predicted molar refractivity (Wildman–Crippen MR) is 81.6 cm³/mol. The zero-order valence-electron chi connectivity index (χ0n) is 13.3. The van der Waals surface area contributed by atoms with Crippen LogP contribution in [0.1, 0.15) is 47.0 Å². The first-order chi connectivity index (χ1) is 8.99. The molecule has 0 amide bonds. The molecule has 2 N–H and O–H groups in total. The molecule has 0 aromatic rings. The van der Waals surface area contributed by atoms with Crippen LogP contribution in [0, 0.1) is 11.3 Å². The van der Waals surface area contributed by atoms with Crippen molar-refractivity contribution in [1.82, 2.24) is 10.6 Å². The summed E-state index contributed by atoms with van der Waals surface area (Å²) in [5.74, 6) is 1.47. The van der Waals surface area contributed by atoms with Gasteiger partial charge in [0, 0.05) is 32.7 Å². The molecule has 0 saturated carbocycles. The molecule has 19 heavy (non-hydrogen) atoms. The van der Waals surface area contributed by atoms with Crippen molar-refractivity contribution < 1.29 is 4.74 Å². The van der Waals surface area contributed by atoms with Gasteiger partial charge in [-0.15, -0.1) is 0 Å². The standard InChI is InChI=1S/C15H31N3O/c1-6-9-17-14(16-5)18-11-12-8-7-10-19-13(12)15(2,3)4/h12-13H,6-11H2,1-5H3,(H2,16,17,18). The minimum absolute atomic E-state index is 0.202. The highest BCUT2D eigenvalue weighted by Crippen LogP contribution is 2.33. The van der Waals surface area contributed by atoms with Crippen LogP contribution in [0.3, 0.4) is 0 Å². The van der Waals surface area contributed by atoms with E-state index in [4.69, 9.17) is 4.74 Å². The fraction of sp³-hybridized carbons (Fsp3) is 0.933. The van der Waals surface area contributed by atoms with Gasteiger partial charge in [-0.3, -0.25) is 4.99 Å². The molecule has 112 valence electrons. The molecule has 1 aliphatic heterocycles. The summed E-state index contributed by atoms with van der Waals surface area (Å²) in [4.78, 5) is 4.25. The number of hydrogen-bond donors (Lipinski definition) is 2. The Balaban J connectivity index is 2.49. The summed E-state index contributed by atoms with van der Waals surface area (Å²) in [6.45, 7) is 11.8. The van der Waals surface area contributed by atoms with Crippen molar-refractivity contribution in [1.29, 1.82) is 0 Å². The Kier molecular flexibility index (Phi) is 6.63. The molecule has 0 spiro atoms. The van der Waals surface area contributed by atoms with Crippen molar-refractivity contribution in [2.75, 3.05) is 26.7 Å². The third kappa shape index (κ3) is 5.39. The van der Waals surface area contributed by atoms with E-state index in [-0.39, 0.29) is 5.41 Å². The molecule has 1 heterocycles. The van der Waals surface area contributed by atoms with E-state index >= 15 is 0 Å². The summed E-state index contributed by atoms with van der Waals surface area (Å²) in [7, 11) is 1.82. The molecule has 0 aromatic heterocycles. The van der Waals surface area contributed by atoms with E-state index in [9.17, 15) is 0 Å². The Morgan fingerprint density at radius 2 is 2.05 bits per heavy atom. The lowest BCUT2D eigenvalue weighted by Crippen LogP contribution is -2.47. The number of aliphatic imine (C=N–C) groups is 1. The van der Waals surface area contributed by atoms with Gasteiger partial charge < -0.3 is 15.4 Å². The van der Waals surface area contributed by atoms with E-state index < -0.39 is 0 Å². The number of hydrogen-bond acceptors (Lipinski definition) is 2. The van der Waals surface area contributed by atoms with Gasteiger partial charge in [0.1, 0.15) is 0 Å². The zero-order chi connectivity index (χ0) is 14.3. The van der Waals surface area contributed by atoms with Gasteiger partial charge in [0.25, 0.3) is 0 Å². The highest BCUT2D eigenvalue weighted by Gasteiger charge is 2.35. The average molecular weight is 269 g/mol. The van der Waals surface area contributed by atoms with Crippen LogP contribution in [0.2, 0.25) is 0 Å². The molecule has 1 fully saturated rings. The van der Waals surface area contributed by atoms with E-state index in [2.05, 4.69) is 43.3 Å². The maximum absolute atomic E-state index is 6.00. The average Bonchev–Trinajstić information content (AvgIpc) is 2.38. The minimum atomic E-state index is 0.202. The van der Waals surface area contributed by atoms with Crippen molar-refractivity contribution in [2.24, 2.45) is 16.3 Å². The molecule has 1 aliphatic rings. The Morgan fingerprint density at radius 1 is 1.32 bits per heavy atom. The van der Waals surface area contributed by atoms with Crippen molar-refractivity contribution in [3.05, 3.63) is 0 Å². The summed E-state index contributed by atoms with van der Waals surface area (Å²) in [5, 5.41) is 6.75. The van der Waals surface area contributed by atoms with Gasteiger partial charge in [0.05, 0.1) is 6.10 Å². The monoisotopic (exact) mass is 269 g/mol. The number of rotatable bonds is 4. The Labute approximate surface area is 118 Å². The molecular formula is C15H31N3O. The number of guanidine groups is 1. The molecule has 0 aromatic carbocycles. The lowest BCUT2D eigenvalue weighted by atomic mass is 9.78. The van der Waals surface area contributed by atoms with Crippen LogP contribution in [-0.4, -0.2) is 38.8 Å². The number of nitrogens with zero attached hydrogens (tertiary/aromatic N) is 1. The number of nitrogens with one attached hydrogen (secondary N) is 2.